The van der Waals surface area contributed by atoms with E-state index < -0.39 is 6.29 Å². The van der Waals surface area contributed by atoms with E-state index in [1.807, 2.05) is 24.9 Å². The van der Waals surface area contributed by atoms with E-state index in [9.17, 15) is 9.90 Å². The van der Waals surface area contributed by atoms with Gasteiger partial charge in [0.2, 0.25) is 6.29 Å². The van der Waals surface area contributed by atoms with Crippen molar-refractivity contribution in [3.63, 3.8) is 0 Å². The van der Waals surface area contributed by atoms with Gasteiger partial charge in [0, 0.05) is 38.1 Å². The quantitative estimate of drug-likeness (QED) is 0.435. The van der Waals surface area contributed by atoms with Gasteiger partial charge < -0.3 is 19.5 Å². The molecule has 5 heteroatoms. The van der Waals surface area contributed by atoms with Crippen molar-refractivity contribution in [1.82, 2.24) is 4.90 Å². The van der Waals surface area contributed by atoms with Crippen molar-refractivity contribution in [3.05, 3.63) is 71.0 Å². The normalized spacial score (nSPS) is 23.4. The molecule has 3 aliphatic rings. The van der Waals surface area contributed by atoms with Crippen molar-refractivity contribution in [3.8, 4) is 11.1 Å². The van der Waals surface area contributed by atoms with Gasteiger partial charge in [0.25, 0.3) is 5.91 Å². The van der Waals surface area contributed by atoms with E-state index in [4.69, 9.17) is 9.47 Å². The molecule has 0 aromatic heterocycles. The highest BCUT2D eigenvalue weighted by Gasteiger charge is 2.39. The van der Waals surface area contributed by atoms with E-state index in [1.165, 1.54) is 47.1 Å². The van der Waals surface area contributed by atoms with Crippen LogP contribution in [-0.2, 0) is 20.7 Å². The van der Waals surface area contributed by atoms with Gasteiger partial charge in [-0.05, 0) is 72.9 Å². The Bertz CT molecular complexity index is 1100. The molecule has 0 bridgehead atoms. The largest absolute Gasteiger partial charge is 0.459 e. The summed E-state index contributed by atoms with van der Waals surface area (Å²) in [6.07, 6.45) is 9.59. The van der Waals surface area contributed by atoms with E-state index in [1.54, 1.807) is 0 Å². The summed E-state index contributed by atoms with van der Waals surface area (Å²) in [6, 6.07) is 15.6. The Morgan fingerprint density at radius 3 is 2.64 bits per heavy atom. The van der Waals surface area contributed by atoms with Crippen LogP contribution in [0.1, 0.15) is 74.5 Å². The molecule has 2 aliphatic carbocycles. The molecule has 192 valence electrons. The Morgan fingerprint density at radius 2 is 1.86 bits per heavy atom. The van der Waals surface area contributed by atoms with Crippen LogP contribution in [0.25, 0.3) is 11.1 Å². The highest BCUT2D eigenvalue weighted by atomic mass is 16.7. The number of allylic oxidation sites excluding steroid dienone is 1. The molecule has 2 aromatic carbocycles. The molecule has 5 rings (SSSR count). The smallest absolute Gasteiger partial charge is 0.288 e. The molecule has 0 radical (unpaired) electrons. The van der Waals surface area contributed by atoms with Crippen LogP contribution in [0, 0.1) is 5.92 Å². The molecule has 1 fully saturated rings. The van der Waals surface area contributed by atoms with Gasteiger partial charge in [-0.15, -0.1) is 0 Å². The summed E-state index contributed by atoms with van der Waals surface area (Å²) in [5.74, 6) is 0.353. The van der Waals surface area contributed by atoms with Crippen molar-refractivity contribution in [2.24, 2.45) is 5.92 Å². The van der Waals surface area contributed by atoms with Gasteiger partial charge in [0.1, 0.15) is 0 Å². The summed E-state index contributed by atoms with van der Waals surface area (Å²) < 4.78 is 12.3. The second kappa shape index (κ2) is 11.2. The van der Waals surface area contributed by atoms with Crippen LogP contribution in [0.15, 0.2) is 54.3 Å². The molecular weight excluding hydrogens is 450 g/mol. The predicted molar refractivity (Wildman–Crippen MR) is 141 cm³/mol. The summed E-state index contributed by atoms with van der Waals surface area (Å²) in [5, 5.41) is 9.60. The van der Waals surface area contributed by atoms with Crippen LogP contribution in [0.3, 0.4) is 0 Å². The standard InChI is InChI=1S/C31H39NO4/c1-3-35-31-27(14-9-17-33)28(20-29(36-31)30(34)32(2)24-11-5-4-6-12-24)22-15-16-26-23(19-22)18-21-10-7-8-13-25(21)26/h7-8,10,13,15-16,19-20,24,27-28,31,33H,3-6,9,11-12,14,17-18H2,1-2H3/t27-,28-,31-/m0/s1. The maximum Gasteiger partial charge on any atom is 0.288 e. The zero-order chi connectivity index (χ0) is 25.1. The molecule has 1 aliphatic heterocycles. The first-order chi connectivity index (χ1) is 17.6. The lowest BCUT2D eigenvalue weighted by Gasteiger charge is -2.39. The zero-order valence-corrected chi connectivity index (χ0v) is 21.6. The van der Waals surface area contributed by atoms with E-state index in [2.05, 4.69) is 42.5 Å². The number of carbonyl (C=O) groups is 1. The van der Waals surface area contributed by atoms with Crippen LogP contribution < -0.4 is 0 Å². The van der Waals surface area contributed by atoms with Crippen molar-refractivity contribution < 1.29 is 19.4 Å². The summed E-state index contributed by atoms with van der Waals surface area (Å²) in [7, 11) is 1.91. The maximum atomic E-state index is 13.6. The molecule has 0 spiro atoms. The van der Waals surface area contributed by atoms with Crippen molar-refractivity contribution in [1.29, 1.82) is 0 Å². The highest BCUT2D eigenvalue weighted by molar-refractivity contribution is 5.92. The maximum absolute atomic E-state index is 13.6. The summed E-state index contributed by atoms with van der Waals surface area (Å²) in [5.41, 5.74) is 6.49. The number of hydrogen-bond donors (Lipinski definition) is 1. The fourth-order valence-electron chi connectivity index (χ4n) is 6.32. The molecule has 1 saturated carbocycles. The third-order valence-corrected chi connectivity index (χ3v) is 8.27. The number of benzene rings is 2. The fourth-order valence-corrected chi connectivity index (χ4v) is 6.32. The Hall–Kier alpha value is -2.63. The summed E-state index contributed by atoms with van der Waals surface area (Å²) >= 11 is 0. The topological polar surface area (TPSA) is 59.0 Å². The Labute approximate surface area is 215 Å². The van der Waals surface area contributed by atoms with Gasteiger partial charge in [-0.25, -0.2) is 0 Å². The van der Waals surface area contributed by atoms with Gasteiger partial charge in [-0.1, -0.05) is 61.7 Å². The van der Waals surface area contributed by atoms with Crippen molar-refractivity contribution >= 4 is 5.91 Å². The number of aliphatic hydroxyl groups excluding tert-OH is 1. The highest BCUT2D eigenvalue weighted by Crippen LogP contribution is 2.43. The molecular formula is C31H39NO4. The van der Waals surface area contributed by atoms with Crippen LogP contribution in [-0.4, -0.2) is 48.5 Å². The van der Waals surface area contributed by atoms with Crippen LogP contribution in [0.2, 0.25) is 0 Å². The number of fused-ring (bicyclic) bond motifs is 3. The third kappa shape index (κ3) is 4.96. The lowest BCUT2D eigenvalue weighted by atomic mass is 9.79. The molecule has 36 heavy (non-hydrogen) atoms. The average Bonchev–Trinajstić information content (AvgIpc) is 3.29. The number of nitrogens with zero attached hydrogens (tertiary/aromatic N) is 1. The molecule has 2 aromatic rings. The number of rotatable bonds is 8. The predicted octanol–water partition coefficient (Wildman–Crippen LogP) is 5.80. The molecule has 1 N–H and O–H groups in total. The molecule has 3 atom stereocenters. The number of ether oxygens (including phenoxy) is 2. The van der Waals surface area contributed by atoms with Crippen LogP contribution in [0.5, 0.6) is 0 Å². The van der Waals surface area contributed by atoms with Gasteiger partial charge in [0.05, 0.1) is 0 Å². The SMILES string of the molecule is CCO[C@H]1OC(C(=O)N(C)C2CCCCC2)=C[C@@H](c2ccc3c(c2)Cc2ccccc2-3)[C@@H]1CCCO. The van der Waals surface area contributed by atoms with E-state index >= 15 is 0 Å². The molecule has 5 nitrogen and oxygen atoms in total. The molecule has 1 heterocycles. The lowest BCUT2D eigenvalue weighted by Crippen LogP contribution is -2.43. The van der Waals surface area contributed by atoms with Gasteiger partial charge in [-0.3, -0.25) is 4.79 Å². The summed E-state index contributed by atoms with van der Waals surface area (Å²) in [4.78, 5) is 15.5. The first-order valence-electron chi connectivity index (χ1n) is 13.7. The Morgan fingerprint density at radius 1 is 1.08 bits per heavy atom. The zero-order valence-electron chi connectivity index (χ0n) is 21.6. The number of aliphatic hydroxyl groups is 1. The van der Waals surface area contributed by atoms with E-state index in [0.29, 0.717) is 18.8 Å². The van der Waals surface area contributed by atoms with Crippen molar-refractivity contribution in [2.75, 3.05) is 20.3 Å². The minimum atomic E-state index is -0.513. The average molecular weight is 490 g/mol. The number of carbonyl (C=O) groups excluding carboxylic acids is 1. The van der Waals surface area contributed by atoms with E-state index in [0.717, 1.165) is 25.7 Å². The minimum absolute atomic E-state index is 0.0189. The van der Waals surface area contributed by atoms with E-state index in [-0.39, 0.29) is 30.4 Å². The van der Waals surface area contributed by atoms with Crippen molar-refractivity contribution in [2.45, 2.75) is 76.5 Å². The van der Waals surface area contributed by atoms with Crippen LogP contribution >= 0.6 is 0 Å². The lowest BCUT2D eigenvalue weighted by molar-refractivity contribution is -0.170. The molecule has 0 saturated heterocycles. The van der Waals surface area contributed by atoms with Gasteiger partial charge in [0.15, 0.2) is 5.76 Å². The van der Waals surface area contributed by atoms with Crippen LogP contribution in [0.4, 0.5) is 0 Å². The molecule has 1 amide bonds. The second-order valence-corrected chi connectivity index (χ2v) is 10.5. The fraction of sp³-hybridized carbons (Fsp3) is 0.516. The summed E-state index contributed by atoms with van der Waals surface area (Å²) in [6.45, 7) is 2.59. The molecule has 0 unspecified atom stereocenters. The first-order valence-corrected chi connectivity index (χ1v) is 13.7. The number of hydrogen-bond acceptors (Lipinski definition) is 4. The number of likely N-dealkylation sites (N-methyl/N-ethyl adjacent to an activating group) is 1. The second-order valence-electron chi connectivity index (χ2n) is 10.5. The Kier molecular flexibility index (Phi) is 7.78. The number of amides is 1. The monoisotopic (exact) mass is 489 g/mol. The van der Waals surface area contributed by atoms with Gasteiger partial charge in [-0.2, -0.15) is 0 Å². The third-order valence-electron chi connectivity index (χ3n) is 8.27. The minimum Gasteiger partial charge on any atom is -0.459 e. The van der Waals surface area contributed by atoms with Gasteiger partial charge >= 0.3 is 0 Å². The first kappa shape index (κ1) is 25.0. The Balaban J connectivity index is 1.49.